The highest BCUT2D eigenvalue weighted by atomic mass is 19.4. The Bertz CT molecular complexity index is 890. The molecule has 168 valence electrons. The van der Waals surface area contributed by atoms with Crippen LogP contribution in [-0.2, 0) is 10.9 Å². The Hall–Kier alpha value is -2.68. The van der Waals surface area contributed by atoms with Gasteiger partial charge in [0.05, 0.1) is 30.4 Å². The lowest BCUT2D eigenvalue weighted by Gasteiger charge is -2.41. The van der Waals surface area contributed by atoms with Gasteiger partial charge in [-0.05, 0) is 42.2 Å². The maximum atomic E-state index is 13.8. The number of anilines is 1. The number of nitrogens with zero attached hydrogens (tertiary/aromatic N) is 1. The quantitative estimate of drug-likeness (QED) is 0.657. The molecular formula is C22H25F4N3O2. The molecule has 31 heavy (non-hydrogen) atoms. The lowest BCUT2D eigenvalue weighted by molar-refractivity contribution is -0.137. The van der Waals surface area contributed by atoms with Crippen LogP contribution in [0.5, 0.6) is 0 Å². The van der Waals surface area contributed by atoms with Gasteiger partial charge in [0.2, 0.25) is 0 Å². The molecule has 0 aliphatic carbocycles. The Morgan fingerprint density at radius 1 is 1.26 bits per heavy atom. The number of carbonyl (C=O) groups excluding carboxylic acids is 1. The van der Waals surface area contributed by atoms with Crippen LogP contribution in [0.2, 0.25) is 0 Å². The Morgan fingerprint density at radius 3 is 2.68 bits per heavy atom. The summed E-state index contributed by atoms with van der Waals surface area (Å²) >= 11 is 0. The molecule has 2 N–H and O–H groups in total. The molecule has 3 unspecified atom stereocenters. The van der Waals surface area contributed by atoms with Gasteiger partial charge < -0.3 is 15.4 Å². The van der Waals surface area contributed by atoms with E-state index in [9.17, 15) is 22.4 Å². The maximum absolute atomic E-state index is 13.8. The Labute approximate surface area is 178 Å². The summed E-state index contributed by atoms with van der Waals surface area (Å²) in [6.45, 7) is 5.04. The minimum Gasteiger partial charge on any atom is -0.380 e. The zero-order chi connectivity index (χ0) is 22.6. The van der Waals surface area contributed by atoms with Crippen LogP contribution >= 0.6 is 0 Å². The Morgan fingerprint density at radius 2 is 2.03 bits per heavy atom. The number of carbonyl (C=O) groups is 1. The van der Waals surface area contributed by atoms with Crippen molar-refractivity contribution in [3.05, 3.63) is 59.7 Å². The van der Waals surface area contributed by atoms with Crippen molar-refractivity contribution in [3.8, 4) is 0 Å². The second-order valence-corrected chi connectivity index (χ2v) is 8.04. The molecule has 2 heterocycles. The van der Waals surface area contributed by atoms with Gasteiger partial charge >= 0.3 is 6.18 Å². The number of hydrogen-bond donors (Lipinski definition) is 2. The highest BCUT2D eigenvalue weighted by molar-refractivity contribution is 5.93. The van der Waals surface area contributed by atoms with E-state index in [1.54, 1.807) is 18.3 Å². The third kappa shape index (κ3) is 5.94. The number of halogens is 4. The molecule has 1 fully saturated rings. The summed E-state index contributed by atoms with van der Waals surface area (Å²) in [5.74, 6) is -1.13. The van der Waals surface area contributed by atoms with E-state index in [0.717, 1.165) is 12.1 Å². The summed E-state index contributed by atoms with van der Waals surface area (Å²) in [5, 5.41) is 5.89. The number of rotatable bonds is 6. The first-order valence-electron chi connectivity index (χ1n) is 10.1. The number of aromatic nitrogens is 1. The summed E-state index contributed by atoms with van der Waals surface area (Å²) in [4.78, 5) is 16.4. The van der Waals surface area contributed by atoms with E-state index in [-0.39, 0.29) is 36.0 Å². The zero-order valence-electron chi connectivity index (χ0n) is 17.2. The first-order chi connectivity index (χ1) is 14.6. The van der Waals surface area contributed by atoms with Crippen molar-refractivity contribution < 1.29 is 27.1 Å². The third-order valence-corrected chi connectivity index (χ3v) is 5.53. The molecule has 9 heteroatoms. The number of alkyl halides is 3. The molecule has 5 nitrogen and oxygen atoms in total. The first-order valence-corrected chi connectivity index (χ1v) is 10.1. The van der Waals surface area contributed by atoms with Crippen molar-refractivity contribution in [1.82, 2.24) is 10.3 Å². The van der Waals surface area contributed by atoms with Crippen molar-refractivity contribution in [1.29, 1.82) is 0 Å². The standard InChI is InChI=1S/C22H25F4N3O2/c1-13(2)19-11-31-12-20(18(19)10-28-21(30)14-4-3-5-27-9-14)29-17-7-15(22(24,25)26)6-16(23)8-17/h3-9,13,18-20,29H,10-12H2,1-2H3,(H,28,30). The van der Waals surface area contributed by atoms with Gasteiger partial charge in [0, 0.05) is 30.5 Å². The minimum absolute atomic E-state index is 0.0221. The van der Waals surface area contributed by atoms with E-state index in [1.165, 1.54) is 6.20 Å². The summed E-state index contributed by atoms with van der Waals surface area (Å²) in [6.07, 6.45) is -1.63. The molecule has 0 saturated carbocycles. The summed E-state index contributed by atoms with van der Waals surface area (Å²) in [5.41, 5.74) is -0.623. The number of pyridine rings is 1. The fraction of sp³-hybridized carbons (Fsp3) is 0.455. The molecule has 1 aromatic carbocycles. The second-order valence-electron chi connectivity index (χ2n) is 8.04. The normalized spacial score (nSPS) is 21.7. The monoisotopic (exact) mass is 439 g/mol. The van der Waals surface area contributed by atoms with Gasteiger partial charge in [0.15, 0.2) is 0 Å². The van der Waals surface area contributed by atoms with Gasteiger partial charge in [-0.3, -0.25) is 9.78 Å². The molecule has 2 aromatic rings. The Kier molecular flexibility index (Phi) is 7.15. The maximum Gasteiger partial charge on any atom is 0.416 e. The number of amides is 1. The molecule has 3 rings (SSSR count). The van der Waals surface area contributed by atoms with Crippen molar-refractivity contribution >= 4 is 11.6 Å². The SMILES string of the molecule is CC(C)C1COCC(Nc2cc(F)cc(C(F)(F)F)c2)C1CNC(=O)c1cccnc1. The predicted molar refractivity (Wildman–Crippen MR) is 108 cm³/mol. The van der Waals surface area contributed by atoms with E-state index < -0.39 is 23.6 Å². The number of ether oxygens (including phenoxy) is 1. The Balaban J connectivity index is 1.78. The smallest absolute Gasteiger partial charge is 0.380 e. The van der Waals surface area contributed by atoms with Gasteiger partial charge in [-0.2, -0.15) is 13.2 Å². The van der Waals surface area contributed by atoms with Crippen molar-refractivity contribution in [2.24, 2.45) is 17.8 Å². The average Bonchev–Trinajstić information content (AvgIpc) is 2.72. The molecule has 1 aliphatic rings. The molecule has 3 atom stereocenters. The molecule has 1 aromatic heterocycles. The molecule has 0 spiro atoms. The van der Waals surface area contributed by atoms with E-state index in [4.69, 9.17) is 4.74 Å². The predicted octanol–water partition coefficient (Wildman–Crippen LogP) is 4.37. The van der Waals surface area contributed by atoms with Crippen LogP contribution in [0, 0.1) is 23.6 Å². The lowest BCUT2D eigenvalue weighted by atomic mass is 9.78. The fourth-order valence-corrected chi connectivity index (χ4v) is 3.87. The molecule has 1 saturated heterocycles. The second kappa shape index (κ2) is 9.64. The lowest BCUT2D eigenvalue weighted by Crippen LogP contribution is -2.50. The highest BCUT2D eigenvalue weighted by Crippen LogP contribution is 2.34. The van der Waals surface area contributed by atoms with Crippen LogP contribution in [0.4, 0.5) is 23.2 Å². The highest BCUT2D eigenvalue weighted by Gasteiger charge is 2.37. The van der Waals surface area contributed by atoms with Crippen LogP contribution in [0.25, 0.3) is 0 Å². The zero-order valence-corrected chi connectivity index (χ0v) is 17.2. The van der Waals surface area contributed by atoms with Crippen LogP contribution in [0.15, 0.2) is 42.7 Å². The molecule has 0 radical (unpaired) electrons. The molecule has 0 bridgehead atoms. The average molecular weight is 439 g/mol. The summed E-state index contributed by atoms with van der Waals surface area (Å²) < 4.78 is 58.7. The van der Waals surface area contributed by atoms with Gasteiger partial charge in [-0.25, -0.2) is 4.39 Å². The molecule has 1 aliphatic heterocycles. The van der Waals surface area contributed by atoms with Crippen molar-refractivity contribution in [3.63, 3.8) is 0 Å². The molecular weight excluding hydrogens is 414 g/mol. The van der Waals surface area contributed by atoms with Crippen LogP contribution in [-0.4, -0.2) is 36.7 Å². The van der Waals surface area contributed by atoms with Crippen molar-refractivity contribution in [2.45, 2.75) is 26.1 Å². The van der Waals surface area contributed by atoms with E-state index in [2.05, 4.69) is 15.6 Å². The van der Waals surface area contributed by atoms with Gasteiger partial charge in [0.25, 0.3) is 5.91 Å². The van der Waals surface area contributed by atoms with Gasteiger partial charge in [-0.1, -0.05) is 13.8 Å². The van der Waals surface area contributed by atoms with Gasteiger partial charge in [0.1, 0.15) is 5.82 Å². The minimum atomic E-state index is -4.65. The molecule has 1 amide bonds. The largest absolute Gasteiger partial charge is 0.416 e. The number of benzene rings is 1. The third-order valence-electron chi connectivity index (χ3n) is 5.53. The van der Waals surface area contributed by atoms with Crippen LogP contribution in [0.1, 0.15) is 29.8 Å². The van der Waals surface area contributed by atoms with Crippen molar-refractivity contribution in [2.75, 3.05) is 25.1 Å². The summed E-state index contributed by atoms with van der Waals surface area (Å²) in [7, 11) is 0. The van der Waals surface area contributed by atoms with E-state index in [1.807, 2.05) is 13.8 Å². The number of hydrogen-bond acceptors (Lipinski definition) is 4. The van der Waals surface area contributed by atoms with Crippen LogP contribution in [0.3, 0.4) is 0 Å². The van der Waals surface area contributed by atoms with Gasteiger partial charge in [-0.15, -0.1) is 0 Å². The number of nitrogens with one attached hydrogen (secondary N) is 2. The van der Waals surface area contributed by atoms with Crippen LogP contribution < -0.4 is 10.6 Å². The van der Waals surface area contributed by atoms with E-state index >= 15 is 0 Å². The fourth-order valence-electron chi connectivity index (χ4n) is 3.87. The summed E-state index contributed by atoms with van der Waals surface area (Å²) in [6, 6.07) is 5.27. The van der Waals surface area contributed by atoms with E-state index in [0.29, 0.717) is 24.8 Å². The first kappa shape index (κ1) is 23.0. The topological polar surface area (TPSA) is 63.2 Å².